The molecule has 146 valence electrons. The maximum Gasteiger partial charge on any atom is 0.234 e. The molecular formula is C22H19FN4OS. The second kappa shape index (κ2) is 8.45. The largest absolute Gasteiger partial charge is 0.323 e. The molecule has 0 atom stereocenters. The highest BCUT2D eigenvalue weighted by Gasteiger charge is 2.14. The molecular weight excluding hydrogens is 387 g/mol. The first-order chi connectivity index (χ1) is 14.1. The van der Waals surface area contributed by atoms with Crippen molar-refractivity contribution in [3.05, 3.63) is 83.9 Å². The van der Waals surface area contributed by atoms with Gasteiger partial charge in [0.15, 0.2) is 5.16 Å². The van der Waals surface area contributed by atoms with Gasteiger partial charge in [0.2, 0.25) is 5.91 Å². The Bertz CT molecular complexity index is 1170. The van der Waals surface area contributed by atoms with Crippen molar-refractivity contribution < 1.29 is 9.18 Å². The minimum atomic E-state index is -0.457. The highest BCUT2D eigenvalue weighted by atomic mass is 32.2. The molecule has 0 aliphatic rings. The van der Waals surface area contributed by atoms with Gasteiger partial charge in [0.05, 0.1) is 11.4 Å². The fourth-order valence-corrected chi connectivity index (χ4v) is 3.85. The van der Waals surface area contributed by atoms with Crippen LogP contribution in [0.5, 0.6) is 0 Å². The van der Waals surface area contributed by atoms with Crippen molar-refractivity contribution in [2.45, 2.75) is 11.6 Å². The summed E-state index contributed by atoms with van der Waals surface area (Å²) in [7, 11) is 1.89. The van der Waals surface area contributed by atoms with Crippen LogP contribution in [0.1, 0.15) is 11.4 Å². The van der Waals surface area contributed by atoms with Gasteiger partial charge in [-0.2, -0.15) is 0 Å². The highest BCUT2D eigenvalue weighted by molar-refractivity contribution is 7.99. The van der Waals surface area contributed by atoms with E-state index in [0.29, 0.717) is 11.6 Å². The summed E-state index contributed by atoms with van der Waals surface area (Å²) in [5, 5.41) is 14.1. The van der Waals surface area contributed by atoms with Crippen molar-refractivity contribution in [3.8, 4) is 0 Å². The number of amides is 1. The first kappa shape index (κ1) is 19.1. The van der Waals surface area contributed by atoms with Crippen LogP contribution in [0.2, 0.25) is 0 Å². The molecule has 0 unspecified atom stereocenters. The molecule has 1 amide bonds. The minimum Gasteiger partial charge on any atom is -0.323 e. The number of para-hydroxylation sites is 1. The highest BCUT2D eigenvalue weighted by Crippen LogP contribution is 2.23. The topological polar surface area (TPSA) is 59.8 Å². The smallest absolute Gasteiger partial charge is 0.234 e. The average Bonchev–Trinajstić information content (AvgIpc) is 3.08. The van der Waals surface area contributed by atoms with Crippen LogP contribution in [0.4, 0.5) is 10.1 Å². The predicted molar refractivity (Wildman–Crippen MR) is 114 cm³/mol. The number of halogens is 1. The number of hydrogen-bond acceptors (Lipinski definition) is 4. The lowest BCUT2D eigenvalue weighted by molar-refractivity contribution is -0.113. The van der Waals surface area contributed by atoms with E-state index in [1.54, 1.807) is 12.1 Å². The molecule has 4 rings (SSSR count). The predicted octanol–water partition coefficient (Wildman–Crippen LogP) is 4.43. The molecule has 0 saturated carbocycles. The summed E-state index contributed by atoms with van der Waals surface area (Å²) in [6.07, 6.45) is 0.646. The van der Waals surface area contributed by atoms with Gasteiger partial charge >= 0.3 is 0 Å². The van der Waals surface area contributed by atoms with Gasteiger partial charge in [0, 0.05) is 13.5 Å². The molecule has 29 heavy (non-hydrogen) atoms. The van der Waals surface area contributed by atoms with Gasteiger partial charge in [0.1, 0.15) is 11.6 Å². The Balaban J connectivity index is 1.43. The van der Waals surface area contributed by atoms with Crippen molar-refractivity contribution in [3.63, 3.8) is 0 Å². The number of thioether (sulfide) groups is 1. The molecule has 0 spiro atoms. The number of fused-ring (bicyclic) bond motifs is 1. The SMILES string of the molecule is Cn1c(Cc2cccc3ccccc23)nnc1SCC(=O)Nc1ccccc1F. The maximum absolute atomic E-state index is 13.7. The van der Waals surface area contributed by atoms with Gasteiger partial charge in [-0.3, -0.25) is 4.79 Å². The Labute approximate surface area is 172 Å². The Hall–Kier alpha value is -3.19. The first-order valence-corrected chi connectivity index (χ1v) is 10.1. The van der Waals surface area contributed by atoms with Crippen molar-refractivity contribution >= 4 is 34.1 Å². The zero-order valence-electron chi connectivity index (χ0n) is 15.8. The van der Waals surface area contributed by atoms with Crippen LogP contribution >= 0.6 is 11.8 Å². The van der Waals surface area contributed by atoms with Gasteiger partial charge in [-0.15, -0.1) is 10.2 Å². The zero-order valence-corrected chi connectivity index (χ0v) is 16.6. The van der Waals surface area contributed by atoms with Crippen LogP contribution in [0.3, 0.4) is 0 Å². The summed E-state index contributed by atoms with van der Waals surface area (Å²) in [6, 6.07) is 20.5. The Morgan fingerprint density at radius 1 is 1.03 bits per heavy atom. The molecule has 1 N–H and O–H groups in total. The molecule has 1 aromatic heterocycles. The van der Waals surface area contributed by atoms with Crippen molar-refractivity contribution in [2.75, 3.05) is 11.1 Å². The van der Waals surface area contributed by atoms with Crippen LogP contribution in [0.15, 0.2) is 71.9 Å². The molecule has 7 heteroatoms. The van der Waals surface area contributed by atoms with Gasteiger partial charge in [-0.25, -0.2) is 4.39 Å². The van der Waals surface area contributed by atoms with Crippen molar-refractivity contribution in [1.29, 1.82) is 0 Å². The number of rotatable bonds is 6. The third-order valence-electron chi connectivity index (χ3n) is 4.63. The Morgan fingerprint density at radius 2 is 1.79 bits per heavy atom. The number of carbonyl (C=O) groups is 1. The lowest BCUT2D eigenvalue weighted by Crippen LogP contribution is -2.15. The van der Waals surface area contributed by atoms with Gasteiger partial charge in [0.25, 0.3) is 0 Å². The summed E-state index contributed by atoms with van der Waals surface area (Å²) in [6.45, 7) is 0. The van der Waals surface area contributed by atoms with E-state index in [1.165, 1.54) is 40.2 Å². The summed E-state index contributed by atoms with van der Waals surface area (Å²) in [5.74, 6) is 0.188. The Kier molecular flexibility index (Phi) is 5.57. The molecule has 4 aromatic rings. The van der Waals surface area contributed by atoms with E-state index in [9.17, 15) is 9.18 Å². The third kappa shape index (κ3) is 4.30. The quantitative estimate of drug-likeness (QED) is 0.481. The number of benzene rings is 3. The van der Waals surface area contributed by atoms with Crippen LogP contribution < -0.4 is 5.32 Å². The maximum atomic E-state index is 13.7. The first-order valence-electron chi connectivity index (χ1n) is 9.14. The minimum absolute atomic E-state index is 0.120. The number of nitrogens with one attached hydrogen (secondary N) is 1. The number of hydrogen-bond donors (Lipinski definition) is 1. The molecule has 0 fully saturated rings. The van der Waals surface area contributed by atoms with Crippen LogP contribution in [0, 0.1) is 5.82 Å². The number of nitrogens with zero attached hydrogens (tertiary/aromatic N) is 3. The Morgan fingerprint density at radius 3 is 2.66 bits per heavy atom. The van der Waals surface area contributed by atoms with E-state index >= 15 is 0 Å². The molecule has 0 aliphatic heterocycles. The molecule has 0 saturated heterocycles. The second-order valence-corrected chi connectivity index (χ2v) is 7.53. The molecule has 0 aliphatic carbocycles. The summed E-state index contributed by atoms with van der Waals surface area (Å²) >= 11 is 1.27. The number of carbonyl (C=O) groups excluding carboxylic acids is 1. The average molecular weight is 406 g/mol. The summed E-state index contributed by atoms with van der Waals surface area (Å²) in [4.78, 5) is 12.1. The van der Waals surface area contributed by atoms with E-state index in [1.807, 2.05) is 29.8 Å². The van der Waals surface area contributed by atoms with Crippen LogP contribution in [-0.4, -0.2) is 26.4 Å². The number of anilines is 1. The van der Waals surface area contributed by atoms with E-state index in [2.05, 4.69) is 39.8 Å². The van der Waals surface area contributed by atoms with Gasteiger partial charge in [-0.1, -0.05) is 66.4 Å². The molecule has 1 heterocycles. The third-order valence-corrected chi connectivity index (χ3v) is 5.65. The molecule has 0 radical (unpaired) electrons. The second-order valence-electron chi connectivity index (χ2n) is 6.59. The summed E-state index contributed by atoms with van der Waals surface area (Å²) < 4.78 is 15.5. The van der Waals surface area contributed by atoms with Gasteiger partial charge < -0.3 is 9.88 Å². The van der Waals surface area contributed by atoms with Gasteiger partial charge in [-0.05, 0) is 28.5 Å². The van der Waals surface area contributed by atoms with Crippen LogP contribution in [-0.2, 0) is 18.3 Å². The van der Waals surface area contributed by atoms with Crippen molar-refractivity contribution in [1.82, 2.24) is 14.8 Å². The summed E-state index contributed by atoms with van der Waals surface area (Å²) in [5.41, 5.74) is 1.35. The standard InChI is InChI=1S/C22H19FN4OS/c1-27-20(13-16-9-6-8-15-7-2-3-10-17(15)16)25-26-22(27)29-14-21(28)24-19-12-5-4-11-18(19)23/h2-12H,13-14H2,1H3,(H,24,28). The van der Waals surface area contributed by atoms with E-state index in [4.69, 9.17) is 0 Å². The molecule has 5 nitrogen and oxygen atoms in total. The zero-order chi connectivity index (χ0) is 20.2. The van der Waals surface area contributed by atoms with Crippen LogP contribution in [0.25, 0.3) is 10.8 Å². The molecule has 3 aromatic carbocycles. The van der Waals surface area contributed by atoms with E-state index in [-0.39, 0.29) is 17.3 Å². The fourth-order valence-electron chi connectivity index (χ4n) is 3.12. The fraction of sp³-hybridized carbons (Fsp3) is 0.136. The van der Waals surface area contributed by atoms with E-state index in [0.717, 1.165) is 5.82 Å². The van der Waals surface area contributed by atoms with Crippen molar-refractivity contribution in [2.24, 2.45) is 7.05 Å². The number of aromatic nitrogens is 3. The normalized spacial score (nSPS) is 11.0. The lowest BCUT2D eigenvalue weighted by atomic mass is 10.0. The van der Waals surface area contributed by atoms with E-state index < -0.39 is 5.82 Å². The molecule has 0 bridgehead atoms. The monoisotopic (exact) mass is 406 g/mol. The lowest BCUT2D eigenvalue weighted by Gasteiger charge is -2.08.